The van der Waals surface area contributed by atoms with Crippen LogP contribution in [-0.4, -0.2) is 16.5 Å². The van der Waals surface area contributed by atoms with E-state index in [9.17, 15) is 9.59 Å². The van der Waals surface area contributed by atoms with Gasteiger partial charge in [0.25, 0.3) is 5.56 Å². The molecule has 96 valence electrons. The van der Waals surface area contributed by atoms with Crippen LogP contribution >= 0.6 is 28.3 Å². The molecule has 1 aromatic heterocycles. The predicted octanol–water partition coefficient (Wildman–Crippen LogP) is 1.25. The van der Waals surface area contributed by atoms with E-state index in [0.717, 1.165) is 0 Å². The lowest BCUT2D eigenvalue weighted by molar-refractivity contribution is -0.116. The molecule has 0 saturated carbocycles. The highest BCUT2D eigenvalue weighted by Gasteiger charge is 2.07. The molecule has 17 heavy (non-hydrogen) atoms. The minimum absolute atomic E-state index is 0. The lowest BCUT2D eigenvalue weighted by Gasteiger charge is -2.08. The van der Waals surface area contributed by atoms with E-state index in [0.29, 0.717) is 10.2 Å². The molecule has 3 N–H and O–H groups in total. The Hall–Kier alpha value is -0.850. The zero-order valence-electron chi connectivity index (χ0n) is 9.57. The van der Waals surface area contributed by atoms with Gasteiger partial charge in [0.05, 0.1) is 10.2 Å². The monoisotopic (exact) mass is 323 g/mol. The molecule has 0 aliphatic heterocycles. The van der Waals surface area contributed by atoms with Gasteiger partial charge in [-0.15, -0.1) is 12.4 Å². The zero-order valence-corrected chi connectivity index (χ0v) is 12.0. The van der Waals surface area contributed by atoms with Crippen LogP contribution in [0.2, 0.25) is 0 Å². The van der Waals surface area contributed by atoms with Crippen LogP contribution in [0.4, 0.5) is 5.69 Å². The van der Waals surface area contributed by atoms with Crippen molar-refractivity contribution < 1.29 is 4.79 Å². The van der Waals surface area contributed by atoms with Crippen molar-refractivity contribution in [1.82, 2.24) is 4.57 Å². The number of amides is 1. The van der Waals surface area contributed by atoms with Crippen molar-refractivity contribution in [3.8, 4) is 0 Å². The fraction of sp³-hybridized carbons (Fsp3) is 0.400. The fourth-order valence-corrected chi connectivity index (χ4v) is 1.77. The van der Waals surface area contributed by atoms with Gasteiger partial charge in [0, 0.05) is 25.7 Å². The Morgan fingerprint density at radius 2 is 2.24 bits per heavy atom. The molecule has 0 spiro atoms. The molecule has 0 saturated heterocycles. The molecule has 0 fully saturated rings. The van der Waals surface area contributed by atoms with E-state index in [2.05, 4.69) is 21.2 Å². The van der Waals surface area contributed by atoms with Gasteiger partial charge in [0.15, 0.2) is 0 Å². The standard InChI is InChI=1S/C10H14BrN3O2.ClH/c1-6(12)3-9(15)13-7-4-8(11)10(16)14(2)5-7;/h4-6H,3,12H2,1-2H3,(H,13,15);1H. The topological polar surface area (TPSA) is 77.1 Å². The zero-order chi connectivity index (χ0) is 12.3. The fourth-order valence-electron chi connectivity index (χ4n) is 1.24. The number of nitrogens with two attached hydrogens (primary N) is 1. The van der Waals surface area contributed by atoms with Crippen molar-refractivity contribution in [3.05, 3.63) is 27.1 Å². The first-order valence-corrected chi connectivity index (χ1v) is 5.61. The number of hydrogen-bond acceptors (Lipinski definition) is 3. The summed E-state index contributed by atoms with van der Waals surface area (Å²) in [6, 6.07) is 1.39. The number of pyridine rings is 1. The number of carbonyl (C=O) groups excluding carboxylic acids is 1. The first-order valence-electron chi connectivity index (χ1n) is 4.81. The van der Waals surface area contributed by atoms with Gasteiger partial charge in [-0.05, 0) is 28.9 Å². The first kappa shape index (κ1) is 16.1. The average molecular weight is 325 g/mol. The second-order valence-corrected chi connectivity index (χ2v) is 4.58. The molecule has 0 aromatic carbocycles. The second-order valence-electron chi connectivity index (χ2n) is 3.72. The van der Waals surface area contributed by atoms with Crippen molar-refractivity contribution in [2.24, 2.45) is 12.8 Å². The van der Waals surface area contributed by atoms with Crippen molar-refractivity contribution in [1.29, 1.82) is 0 Å². The summed E-state index contributed by atoms with van der Waals surface area (Å²) >= 11 is 3.13. The maximum atomic E-state index is 11.4. The Bertz CT molecular complexity index is 433. The minimum Gasteiger partial charge on any atom is -0.327 e. The highest BCUT2D eigenvalue weighted by molar-refractivity contribution is 9.10. The number of rotatable bonds is 3. The lowest BCUT2D eigenvalue weighted by Crippen LogP contribution is -2.25. The average Bonchev–Trinajstić information content (AvgIpc) is 2.12. The Labute approximate surface area is 114 Å². The third kappa shape index (κ3) is 4.89. The van der Waals surface area contributed by atoms with E-state index < -0.39 is 0 Å². The Morgan fingerprint density at radius 3 is 2.71 bits per heavy atom. The van der Waals surface area contributed by atoms with E-state index >= 15 is 0 Å². The van der Waals surface area contributed by atoms with Crippen molar-refractivity contribution in [2.45, 2.75) is 19.4 Å². The van der Waals surface area contributed by atoms with Gasteiger partial charge >= 0.3 is 0 Å². The van der Waals surface area contributed by atoms with Crippen molar-refractivity contribution in [2.75, 3.05) is 5.32 Å². The van der Waals surface area contributed by atoms with Crippen LogP contribution in [-0.2, 0) is 11.8 Å². The molecule has 1 rings (SSSR count). The Morgan fingerprint density at radius 1 is 1.65 bits per heavy atom. The molecule has 0 aliphatic rings. The van der Waals surface area contributed by atoms with Gasteiger partial charge < -0.3 is 15.6 Å². The SMILES string of the molecule is CC(N)CC(=O)Nc1cc(Br)c(=O)n(C)c1.Cl. The molecule has 0 aliphatic carbocycles. The number of nitrogens with zero attached hydrogens (tertiary/aromatic N) is 1. The van der Waals surface area contributed by atoms with Gasteiger partial charge in [0.2, 0.25) is 5.91 Å². The maximum absolute atomic E-state index is 11.4. The van der Waals surface area contributed by atoms with Crippen LogP contribution in [0.15, 0.2) is 21.5 Å². The summed E-state index contributed by atoms with van der Waals surface area (Å²) in [6.45, 7) is 1.76. The normalized spacial score (nSPS) is 11.5. The molecule has 1 atom stereocenters. The van der Waals surface area contributed by atoms with Crippen LogP contribution in [0.3, 0.4) is 0 Å². The van der Waals surface area contributed by atoms with Gasteiger partial charge in [-0.2, -0.15) is 0 Å². The van der Waals surface area contributed by atoms with Gasteiger partial charge in [-0.25, -0.2) is 0 Å². The molecule has 7 heteroatoms. The minimum atomic E-state index is -0.184. The molecular weight excluding hydrogens is 309 g/mol. The van der Waals surface area contributed by atoms with Crippen LogP contribution in [0.1, 0.15) is 13.3 Å². The summed E-state index contributed by atoms with van der Waals surface area (Å²) in [5.41, 5.74) is 5.93. The number of hydrogen-bond donors (Lipinski definition) is 2. The maximum Gasteiger partial charge on any atom is 0.264 e. The summed E-state index contributed by atoms with van der Waals surface area (Å²) in [5.74, 6) is -0.166. The summed E-state index contributed by atoms with van der Waals surface area (Å²) in [5, 5.41) is 2.67. The number of aryl methyl sites for hydroxylation is 1. The molecular formula is C10H15BrClN3O2. The van der Waals surface area contributed by atoms with Gasteiger partial charge in [-0.1, -0.05) is 0 Å². The predicted molar refractivity (Wildman–Crippen MR) is 73.5 cm³/mol. The number of anilines is 1. The van der Waals surface area contributed by atoms with Crippen LogP contribution < -0.4 is 16.6 Å². The Balaban J connectivity index is 0.00000256. The third-order valence-corrected chi connectivity index (χ3v) is 2.50. The largest absolute Gasteiger partial charge is 0.327 e. The summed E-state index contributed by atoms with van der Waals surface area (Å²) in [6.07, 6.45) is 1.81. The van der Waals surface area contributed by atoms with Crippen LogP contribution in [0, 0.1) is 0 Å². The van der Waals surface area contributed by atoms with E-state index in [1.165, 1.54) is 4.57 Å². The van der Waals surface area contributed by atoms with Crippen LogP contribution in [0.5, 0.6) is 0 Å². The molecule has 0 bridgehead atoms. The van der Waals surface area contributed by atoms with Crippen molar-refractivity contribution in [3.63, 3.8) is 0 Å². The Kier molecular flexibility index (Phi) is 6.44. The van der Waals surface area contributed by atoms with E-state index in [4.69, 9.17) is 5.73 Å². The number of halogens is 2. The molecule has 5 nitrogen and oxygen atoms in total. The van der Waals surface area contributed by atoms with E-state index in [1.807, 2.05) is 0 Å². The van der Waals surface area contributed by atoms with Crippen LogP contribution in [0.25, 0.3) is 0 Å². The highest BCUT2D eigenvalue weighted by atomic mass is 79.9. The molecule has 1 unspecified atom stereocenters. The number of aromatic nitrogens is 1. The summed E-state index contributed by atoms with van der Waals surface area (Å²) < 4.78 is 1.81. The molecule has 1 amide bonds. The summed E-state index contributed by atoms with van der Waals surface area (Å²) in [4.78, 5) is 22.8. The first-order chi connectivity index (χ1) is 7.40. The highest BCUT2D eigenvalue weighted by Crippen LogP contribution is 2.11. The van der Waals surface area contributed by atoms with Gasteiger partial charge in [-0.3, -0.25) is 9.59 Å². The smallest absolute Gasteiger partial charge is 0.264 e. The molecule has 1 heterocycles. The lowest BCUT2D eigenvalue weighted by atomic mass is 10.2. The van der Waals surface area contributed by atoms with Gasteiger partial charge in [0.1, 0.15) is 0 Å². The molecule has 1 aromatic rings. The number of carbonyl (C=O) groups is 1. The third-order valence-electron chi connectivity index (χ3n) is 1.93. The molecule has 0 radical (unpaired) electrons. The quantitative estimate of drug-likeness (QED) is 0.878. The van der Waals surface area contributed by atoms with E-state index in [-0.39, 0.29) is 36.3 Å². The number of nitrogens with one attached hydrogen (secondary N) is 1. The van der Waals surface area contributed by atoms with Crippen molar-refractivity contribution >= 4 is 39.9 Å². The second kappa shape index (κ2) is 6.78. The summed E-state index contributed by atoms with van der Waals surface area (Å²) in [7, 11) is 1.62. The van der Waals surface area contributed by atoms with E-state index in [1.54, 1.807) is 26.2 Å².